The Labute approximate surface area is 114 Å². The Balaban J connectivity index is 1.92. The maximum atomic E-state index is 5.78. The highest BCUT2D eigenvalue weighted by Gasteiger charge is 2.00. The molecular formula is C16H20N2O. The van der Waals surface area contributed by atoms with Crippen LogP contribution in [0.4, 0.5) is 11.4 Å². The third-order valence-electron chi connectivity index (χ3n) is 3.06. The minimum absolute atomic E-state index is 0.659. The SMILES string of the molecule is COc1cc(NCCc2cccc(C)c2)ccc1N. The quantitative estimate of drug-likeness (QED) is 0.807. The number of nitrogens with two attached hydrogens (primary N) is 1. The van der Waals surface area contributed by atoms with Crippen molar-refractivity contribution in [1.29, 1.82) is 0 Å². The topological polar surface area (TPSA) is 47.3 Å². The van der Waals surface area contributed by atoms with Gasteiger partial charge in [0, 0.05) is 18.3 Å². The molecule has 0 aliphatic rings. The van der Waals surface area contributed by atoms with Gasteiger partial charge < -0.3 is 15.8 Å². The van der Waals surface area contributed by atoms with Gasteiger partial charge in [0.05, 0.1) is 12.8 Å². The number of hydrogen-bond acceptors (Lipinski definition) is 3. The number of aryl methyl sites for hydroxylation is 1. The summed E-state index contributed by atoms with van der Waals surface area (Å²) in [6.45, 7) is 3.00. The van der Waals surface area contributed by atoms with Crippen LogP contribution in [0.5, 0.6) is 5.75 Å². The average molecular weight is 256 g/mol. The van der Waals surface area contributed by atoms with Gasteiger partial charge in [0.2, 0.25) is 0 Å². The molecule has 0 bridgehead atoms. The van der Waals surface area contributed by atoms with Crippen molar-refractivity contribution in [2.24, 2.45) is 0 Å². The molecule has 0 saturated carbocycles. The molecule has 0 unspecified atom stereocenters. The Morgan fingerprint density at radius 2 is 2.00 bits per heavy atom. The van der Waals surface area contributed by atoms with Crippen LogP contribution in [0.25, 0.3) is 0 Å². The van der Waals surface area contributed by atoms with Crippen molar-refractivity contribution >= 4 is 11.4 Å². The first-order valence-corrected chi connectivity index (χ1v) is 6.42. The third-order valence-corrected chi connectivity index (χ3v) is 3.06. The minimum atomic E-state index is 0.659. The smallest absolute Gasteiger partial charge is 0.143 e. The van der Waals surface area contributed by atoms with E-state index in [0.29, 0.717) is 11.4 Å². The first kappa shape index (κ1) is 13.3. The monoisotopic (exact) mass is 256 g/mol. The molecule has 0 saturated heterocycles. The number of nitrogen functional groups attached to an aromatic ring is 1. The summed E-state index contributed by atoms with van der Waals surface area (Å²) in [6, 6.07) is 14.3. The van der Waals surface area contributed by atoms with E-state index in [0.717, 1.165) is 18.7 Å². The van der Waals surface area contributed by atoms with Gasteiger partial charge in [-0.2, -0.15) is 0 Å². The van der Waals surface area contributed by atoms with Crippen LogP contribution in [0.2, 0.25) is 0 Å². The van der Waals surface area contributed by atoms with Gasteiger partial charge in [-0.05, 0) is 31.0 Å². The lowest BCUT2D eigenvalue weighted by Gasteiger charge is -2.10. The van der Waals surface area contributed by atoms with Crippen LogP contribution >= 0.6 is 0 Å². The zero-order chi connectivity index (χ0) is 13.7. The van der Waals surface area contributed by atoms with E-state index in [1.54, 1.807) is 7.11 Å². The summed E-state index contributed by atoms with van der Waals surface area (Å²) in [4.78, 5) is 0. The van der Waals surface area contributed by atoms with Crippen molar-refractivity contribution in [3.05, 3.63) is 53.6 Å². The molecule has 0 spiro atoms. The third kappa shape index (κ3) is 3.65. The van der Waals surface area contributed by atoms with Crippen molar-refractivity contribution in [3.8, 4) is 5.75 Å². The van der Waals surface area contributed by atoms with Gasteiger partial charge in [0.1, 0.15) is 5.75 Å². The number of ether oxygens (including phenoxy) is 1. The van der Waals surface area contributed by atoms with Gasteiger partial charge in [0.15, 0.2) is 0 Å². The second kappa shape index (κ2) is 6.14. The van der Waals surface area contributed by atoms with E-state index in [-0.39, 0.29) is 0 Å². The molecule has 3 heteroatoms. The Morgan fingerprint density at radius 1 is 1.16 bits per heavy atom. The van der Waals surface area contributed by atoms with Crippen molar-refractivity contribution in [2.75, 3.05) is 24.7 Å². The second-order valence-corrected chi connectivity index (χ2v) is 4.62. The van der Waals surface area contributed by atoms with Crippen LogP contribution in [-0.2, 0) is 6.42 Å². The van der Waals surface area contributed by atoms with Crippen LogP contribution in [0.1, 0.15) is 11.1 Å². The number of anilines is 2. The first-order valence-electron chi connectivity index (χ1n) is 6.42. The Morgan fingerprint density at radius 3 is 2.74 bits per heavy atom. The van der Waals surface area contributed by atoms with E-state index < -0.39 is 0 Å². The summed E-state index contributed by atoms with van der Waals surface area (Å²) < 4.78 is 5.20. The molecule has 0 aromatic heterocycles. The zero-order valence-electron chi connectivity index (χ0n) is 11.4. The van der Waals surface area contributed by atoms with Crippen LogP contribution in [0.15, 0.2) is 42.5 Å². The number of methoxy groups -OCH3 is 1. The van der Waals surface area contributed by atoms with Crippen molar-refractivity contribution < 1.29 is 4.74 Å². The number of benzene rings is 2. The summed E-state index contributed by atoms with van der Waals surface area (Å²) in [5.41, 5.74) is 10.1. The maximum absolute atomic E-state index is 5.78. The lowest BCUT2D eigenvalue weighted by atomic mass is 10.1. The molecule has 0 aliphatic heterocycles. The standard InChI is InChI=1S/C16H20N2O/c1-12-4-3-5-13(10-12)8-9-18-14-6-7-15(17)16(11-14)19-2/h3-7,10-11,18H,8-9,17H2,1-2H3. The van der Waals surface area contributed by atoms with E-state index in [2.05, 4.69) is 36.5 Å². The Bertz CT molecular complexity index is 552. The normalized spacial score (nSPS) is 10.2. The van der Waals surface area contributed by atoms with E-state index >= 15 is 0 Å². The maximum Gasteiger partial charge on any atom is 0.143 e. The fraction of sp³-hybridized carbons (Fsp3) is 0.250. The fourth-order valence-electron chi connectivity index (χ4n) is 2.04. The fourth-order valence-corrected chi connectivity index (χ4v) is 2.04. The Kier molecular flexibility index (Phi) is 4.29. The second-order valence-electron chi connectivity index (χ2n) is 4.62. The lowest BCUT2D eigenvalue weighted by Crippen LogP contribution is -2.05. The highest BCUT2D eigenvalue weighted by Crippen LogP contribution is 2.24. The van der Waals surface area contributed by atoms with Crippen LogP contribution < -0.4 is 15.8 Å². The average Bonchev–Trinajstić information content (AvgIpc) is 2.41. The van der Waals surface area contributed by atoms with Gasteiger partial charge in [-0.25, -0.2) is 0 Å². The van der Waals surface area contributed by atoms with Crippen molar-refractivity contribution in [2.45, 2.75) is 13.3 Å². The van der Waals surface area contributed by atoms with E-state index in [1.165, 1.54) is 11.1 Å². The molecule has 2 aromatic rings. The van der Waals surface area contributed by atoms with Gasteiger partial charge >= 0.3 is 0 Å². The summed E-state index contributed by atoms with van der Waals surface area (Å²) in [7, 11) is 1.63. The molecular weight excluding hydrogens is 236 g/mol. The molecule has 3 N–H and O–H groups in total. The van der Waals surface area contributed by atoms with Crippen molar-refractivity contribution in [1.82, 2.24) is 0 Å². The molecule has 0 aliphatic carbocycles. The van der Waals surface area contributed by atoms with Gasteiger partial charge in [-0.3, -0.25) is 0 Å². The molecule has 0 fully saturated rings. The van der Waals surface area contributed by atoms with Crippen LogP contribution in [0.3, 0.4) is 0 Å². The summed E-state index contributed by atoms with van der Waals surface area (Å²) in [5.74, 6) is 0.709. The molecule has 2 aromatic carbocycles. The van der Waals surface area contributed by atoms with Gasteiger partial charge in [-0.15, -0.1) is 0 Å². The van der Waals surface area contributed by atoms with Gasteiger partial charge in [-0.1, -0.05) is 29.8 Å². The molecule has 3 nitrogen and oxygen atoms in total. The lowest BCUT2D eigenvalue weighted by molar-refractivity contribution is 0.417. The Hall–Kier alpha value is -2.16. The van der Waals surface area contributed by atoms with Crippen LogP contribution in [0, 0.1) is 6.92 Å². The largest absolute Gasteiger partial charge is 0.495 e. The predicted octanol–water partition coefficient (Wildman–Crippen LogP) is 3.24. The summed E-state index contributed by atoms with van der Waals surface area (Å²) >= 11 is 0. The molecule has 100 valence electrons. The predicted molar refractivity (Wildman–Crippen MR) is 80.8 cm³/mol. The number of hydrogen-bond donors (Lipinski definition) is 2. The molecule has 0 heterocycles. The highest BCUT2D eigenvalue weighted by atomic mass is 16.5. The molecule has 0 amide bonds. The van der Waals surface area contributed by atoms with Crippen molar-refractivity contribution in [3.63, 3.8) is 0 Å². The highest BCUT2D eigenvalue weighted by molar-refractivity contribution is 5.61. The summed E-state index contributed by atoms with van der Waals surface area (Å²) in [5, 5.41) is 3.38. The van der Waals surface area contributed by atoms with E-state index in [4.69, 9.17) is 10.5 Å². The minimum Gasteiger partial charge on any atom is -0.495 e. The molecule has 2 rings (SSSR count). The number of rotatable bonds is 5. The summed E-state index contributed by atoms with van der Waals surface area (Å²) in [6.07, 6.45) is 0.994. The number of nitrogens with one attached hydrogen (secondary N) is 1. The van der Waals surface area contributed by atoms with E-state index in [9.17, 15) is 0 Å². The molecule has 19 heavy (non-hydrogen) atoms. The molecule has 0 atom stereocenters. The zero-order valence-corrected chi connectivity index (χ0v) is 11.4. The first-order chi connectivity index (χ1) is 9.19. The van der Waals surface area contributed by atoms with E-state index in [1.807, 2.05) is 18.2 Å². The van der Waals surface area contributed by atoms with Crippen LogP contribution in [-0.4, -0.2) is 13.7 Å². The van der Waals surface area contributed by atoms with Gasteiger partial charge in [0.25, 0.3) is 0 Å². The molecule has 0 radical (unpaired) electrons.